The van der Waals surface area contributed by atoms with E-state index in [1.807, 2.05) is 18.2 Å². The molecular weight excluding hydrogens is 330 g/mol. The van der Waals surface area contributed by atoms with Crippen LogP contribution in [0.4, 0.5) is 0 Å². The lowest BCUT2D eigenvalue weighted by atomic mass is 10.3. The highest BCUT2D eigenvalue weighted by Crippen LogP contribution is 2.29. The summed E-state index contributed by atoms with van der Waals surface area (Å²) < 4.78 is 4.95. The summed E-state index contributed by atoms with van der Waals surface area (Å²) in [7, 11) is 0. The number of hydrogen-bond acceptors (Lipinski definition) is 2. The molecule has 0 heterocycles. The standard InChI is InChI=1S/C7H6Cl2O.C6H4Cl2O/c8-7(9)10-6-4-2-1-3-5-6;7-4-2-1-3-5(9)6(4)8/h1-5,7H;1-3,9H. The van der Waals surface area contributed by atoms with Gasteiger partial charge < -0.3 is 9.84 Å². The molecule has 0 unspecified atom stereocenters. The second-order valence-electron chi connectivity index (χ2n) is 3.26. The molecule has 0 amide bonds. The van der Waals surface area contributed by atoms with Gasteiger partial charge in [0.2, 0.25) is 5.02 Å². The normalized spacial score (nSPS) is 9.74. The van der Waals surface area contributed by atoms with Crippen molar-refractivity contribution in [2.45, 2.75) is 5.02 Å². The molecule has 0 fully saturated rings. The van der Waals surface area contributed by atoms with Crippen molar-refractivity contribution in [3.05, 3.63) is 58.6 Å². The van der Waals surface area contributed by atoms with Crippen molar-refractivity contribution in [2.75, 3.05) is 0 Å². The quantitative estimate of drug-likeness (QED) is 0.729. The maximum atomic E-state index is 8.88. The van der Waals surface area contributed by atoms with Crippen molar-refractivity contribution in [3.63, 3.8) is 0 Å². The van der Waals surface area contributed by atoms with Crippen LogP contribution in [0.1, 0.15) is 0 Å². The van der Waals surface area contributed by atoms with Gasteiger partial charge in [-0.3, -0.25) is 0 Å². The third-order valence-corrected chi connectivity index (χ3v) is 2.89. The van der Waals surface area contributed by atoms with Gasteiger partial charge in [-0.2, -0.15) is 0 Å². The van der Waals surface area contributed by atoms with E-state index in [4.69, 9.17) is 56.2 Å². The van der Waals surface area contributed by atoms with Crippen molar-refractivity contribution in [1.82, 2.24) is 0 Å². The zero-order valence-electron chi connectivity index (χ0n) is 9.56. The van der Waals surface area contributed by atoms with Crippen molar-refractivity contribution < 1.29 is 9.84 Å². The Morgan fingerprint density at radius 3 is 2.00 bits per heavy atom. The second kappa shape index (κ2) is 8.39. The van der Waals surface area contributed by atoms with E-state index in [0.717, 1.165) is 0 Å². The number of ether oxygens (including phenoxy) is 1. The molecule has 0 aliphatic carbocycles. The summed E-state index contributed by atoms with van der Waals surface area (Å²) in [6, 6.07) is 13.9. The molecular formula is C13H10Cl4O2. The Labute approximate surface area is 131 Å². The molecule has 1 N–H and O–H groups in total. The molecule has 0 aliphatic rings. The van der Waals surface area contributed by atoms with E-state index in [0.29, 0.717) is 10.8 Å². The summed E-state index contributed by atoms with van der Waals surface area (Å²) in [5.74, 6) is 0.696. The molecule has 19 heavy (non-hydrogen) atoms. The highest BCUT2D eigenvalue weighted by molar-refractivity contribution is 6.43. The molecule has 0 saturated heterocycles. The molecule has 0 bridgehead atoms. The average Bonchev–Trinajstić information content (AvgIpc) is 2.37. The topological polar surface area (TPSA) is 29.5 Å². The van der Waals surface area contributed by atoms with Gasteiger partial charge in [0.1, 0.15) is 16.5 Å². The summed E-state index contributed by atoms with van der Waals surface area (Å²) in [6.07, 6.45) is 0. The molecule has 0 radical (unpaired) electrons. The minimum absolute atomic E-state index is 0.0177. The molecule has 102 valence electrons. The van der Waals surface area contributed by atoms with Crippen LogP contribution in [0.2, 0.25) is 10.0 Å². The second-order valence-corrected chi connectivity index (χ2v) is 5.07. The molecule has 0 aromatic heterocycles. The Kier molecular flexibility index (Phi) is 7.17. The molecule has 0 spiro atoms. The van der Waals surface area contributed by atoms with E-state index in [1.54, 1.807) is 24.3 Å². The first-order chi connectivity index (χ1) is 9.00. The average molecular weight is 340 g/mol. The number of halogens is 4. The maximum Gasteiger partial charge on any atom is 0.247 e. The number of phenols is 1. The first-order valence-electron chi connectivity index (χ1n) is 5.13. The number of benzene rings is 2. The summed E-state index contributed by atoms with van der Waals surface area (Å²) >= 11 is 21.7. The van der Waals surface area contributed by atoms with Gasteiger partial charge in [0.15, 0.2) is 0 Å². The SMILES string of the molecule is ClC(Cl)Oc1ccccc1.Oc1cccc(Cl)c1Cl. The van der Waals surface area contributed by atoms with Crippen molar-refractivity contribution in [3.8, 4) is 11.5 Å². The van der Waals surface area contributed by atoms with E-state index >= 15 is 0 Å². The number of para-hydroxylation sites is 1. The Morgan fingerprint density at radius 2 is 1.53 bits per heavy atom. The van der Waals surface area contributed by atoms with Crippen LogP contribution in [-0.2, 0) is 0 Å². The van der Waals surface area contributed by atoms with Crippen molar-refractivity contribution >= 4 is 46.4 Å². The Balaban J connectivity index is 0.000000191. The van der Waals surface area contributed by atoms with Gasteiger partial charge in [-0.1, -0.05) is 70.7 Å². The van der Waals surface area contributed by atoms with Crippen LogP contribution >= 0.6 is 46.4 Å². The Morgan fingerprint density at radius 1 is 0.895 bits per heavy atom. The Hall–Kier alpha value is -0.800. The molecule has 6 heteroatoms. The van der Waals surface area contributed by atoms with E-state index in [9.17, 15) is 0 Å². The van der Waals surface area contributed by atoms with Crippen LogP contribution in [-0.4, -0.2) is 10.1 Å². The van der Waals surface area contributed by atoms with Gasteiger partial charge in [-0.15, -0.1) is 0 Å². The van der Waals surface area contributed by atoms with Crippen molar-refractivity contribution in [1.29, 1.82) is 0 Å². The fourth-order valence-corrected chi connectivity index (χ4v) is 1.60. The third-order valence-electron chi connectivity index (χ3n) is 1.90. The van der Waals surface area contributed by atoms with Crippen LogP contribution in [0.3, 0.4) is 0 Å². The molecule has 2 aromatic carbocycles. The predicted octanol–water partition coefficient (Wildman–Crippen LogP) is 5.53. The number of aromatic hydroxyl groups is 1. The minimum Gasteiger partial charge on any atom is -0.506 e. The van der Waals surface area contributed by atoms with E-state index in [-0.39, 0.29) is 10.8 Å². The zero-order valence-corrected chi connectivity index (χ0v) is 12.6. The zero-order chi connectivity index (χ0) is 14.3. The maximum absolute atomic E-state index is 8.88. The molecule has 0 aliphatic heterocycles. The van der Waals surface area contributed by atoms with Crippen LogP contribution in [0.25, 0.3) is 0 Å². The number of rotatable bonds is 2. The molecule has 2 rings (SSSR count). The fourth-order valence-electron chi connectivity index (χ4n) is 1.09. The summed E-state index contributed by atoms with van der Waals surface area (Å²) in [6.45, 7) is 0. The van der Waals surface area contributed by atoms with E-state index < -0.39 is 5.02 Å². The van der Waals surface area contributed by atoms with Gasteiger partial charge >= 0.3 is 0 Å². The highest BCUT2D eigenvalue weighted by atomic mass is 35.5. The lowest BCUT2D eigenvalue weighted by molar-refractivity contribution is 0.354. The first-order valence-corrected chi connectivity index (χ1v) is 6.76. The van der Waals surface area contributed by atoms with Crippen molar-refractivity contribution in [2.24, 2.45) is 0 Å². The largest absolute Gasteiger partial charge is 0.506 e. The van der Waals surface area contributed by atoms with Crippen LogP contribution < -0.4 is 4.74 Å². The van der Waals surface area contributed by atoms with Gasteiger partial charge in [0.25, 0.3) is 0 Å². The number of alkyl halides is 2. The third kappa shape index (κ3) is 6.26. The summed E-state index contributed by atoms with van der Waals surface area (Å²) in [4.78, 5) is 0. The van der Waals surface area contributed by atoms with Gasteiger partial charge in [0, 0.05) is 0 Å². The molecule has 0 atom stereocenters. The predicted molar refractivity (Wildman–Crippen MR) is 80.7 cm³/mol. The Bertz CT molecular complexity index is 483. The van der Waals surface area contributed by atoms with Crippen LogP contribution in [0, 0.1) is 0 Å². The highest BCUT2D eigenvalue weighted by Gasteiger charge is 1.99. The van der Waals surface area contributed by atoms with Gasteiger partial charge in [0.05, 0.1) is 5.02 Å². The lowest BCUT2D eigenvalue weighted by Gasteiger charge is -2.03. The number of phenolic OH excluding ortho intramolecular Hbond substituents is 1. The van der Waals surface area contributed by atoms with Crippen LogP contribution in [0.5, 0.6) is 11.5 Å². The fraction of sp³-hybridized carbons (Fsp3) is 0.0769. The number of hydrogen-bond donors (Lipinski definition) is 1. The van der Waals surface area contributed by atoms with E-state index in [2.05, 4.69) is 0 Å². The molecule has 0 saturated carbocycles. The summed E-state index contributed by atoms with van der Waals surface area (Å²) in [5.41, 5.74) is 0. The summed E-state index contributed by atoms with van der Waals surface area (Å²) in [5, 5.41) is 8.67. The monoisotopic (exact) mass is 338 g/mol. The van der Waals surface area contributed by atoms with E-state index in [1.165, 1.54) is 6.07 Å². The van der Waals surface area contributed by atoms with Gasteiger partial charge in [-0.25, -0.2) is 0 Å². The lowest BCUT2D eigenvalue weighted by Crippen LogP contribution is -1.98. The smallest absolute Gasteiger partial charge is 0.247 e. The molecule has 2 nitrogen and oxygen atoms in total. The van der Waals surface area contributed by atoms with Crippen LogP contribution in [0.15, 0.2) is 48.5 Å². The molecule has 2 aromatic rings. The first kappa shape index (κ1) is 16.3. The van der Waals surface area contributed by atoms with Gasteiger partial charge in [-0.05, 0) is 24.3 Å². The minimum atomic E-state index is -0.789.